The Morgan fingerprint density at radius 2 is 1.88 bits per heavy atom. The molecule has 4 nitrogen and oxygen atoms in total. The van der Waals surface area contributed by atoms with E-state index < -0.39 is 6.61 Å². The van der Waals surface area contributed by atoms with Gasteiger partial charge in [-0.1, -0.05) is 28.1 Å². The molecule has 0 bridgehead atoms. The van der Waals surface area contributed by atoms with Crippen LogP contribution in [0.15, 0.2) is 53.0 Å². The van der Waals surface area contributed by atoms with Crippen molar-refractivity contribution in [3.8, 4) is 11.5 Å². The second kappa shape index (κ2) is 9.22. The highest BCUT2D eigenvalue weighted by molar-refractivity contribution is 9.10. The summed E-state index contributed by atoms with van der Waals surface area (Å²) in [6, 6.07) is 13.4. The minimum Gasteiger partial charge on any atom is -0.492 e. The van der Waals surface area contributed by atoms with Crippen molar-refractivity contribution < 1.29 is 23.0 Å². The Hall–Kier alpha value is -2.15. The molecular weight excluding hydrogens is 384 g/mol. The van der Waals surface area contributed by atoms with Gasteiger partial charge in [-0.3, -0.25) is 4.79 Å². The molecule has 0 saturated carbocycles. The summed E-state index contributed by atoms with van der Waals surface area (Å²) >= 11 is 3.33. The summed E-state index contributed by atoms with van der Waals surface area (Å²) in [5.74, 6) is 0.529. The summed E-state index contributed by atoms with van der Waals surface area (Å²) in [6.45, 7) is -2.20. The van der Waals surface area contributed by atoms with Gasteiger partial charge in [-0.2, -0.15) is 8.78 Å². The first kappa shape index (κ1) is 18.2. The number of rotatable bonds is 8. The quantitative estimate of drug-likeness (QED) is 0.686. The molecule has 128 valence electrons. The zero-order chi connectivity index (χ0) is 17.4. The Bertz CT molecular complexity index is 665. The van der Waals surface area contributed by atoms with Gasteiger partial charge in [-0.25, -0.2) is 0 Å². The molecule has 0 aliphatic rings. The van der Waals surface area contributed by atoms with E-state index >= 15 is 0 Å². The molecule has 0 atom stereocenters. The summed E-state index contributed by atoms with van der Waals surface area (Å²) in [5, 5.41) is 2.71. The fourth-order valence-electron chi connectivity index (χ4n) is 1.97. The van der Waals surface area contributed by atoms with E-state index in [9.17, 15) is 13.6 Å². The lowest BCUT2D eigenvalue weighted by atomic mass is 10.1. The summed E-state index contributed by atoms with van der Waals surface area (Å²) < 4.78 is 35.1. The van der Waals surface area contributed by atoms with Crippen molar-refractivity contribution in [2.45, 2.75) is 13.0 Å². The Morgan fingerprint density at radius 1 is 1.12 bits per heavy atom. The Morgan fingerprint density at radius 3 is 2.58 bits per heavy atom. The van der Waals surface area contributed by atoms with E-state index in [0.717, 1.165) is 4.47 Å². The molecule has 7 heteroatoms. The molecule has 0 unspecified atom stereocenters. The summed E-state index contributed by atoms with van der Waals surface area (Å²) in [6.07, 6.45) is 0.0821. The highest BCUT2D eigenvalue weighted by atomic mass is 79.9. The Labute approximate surface area is 146 Å². The molecular formula is C17H16BrF2NO3. The predicted octanol–water partition coefficient (Wildman–Crippen LogP) is 3.79. The largest absolute Gasteiger partial charge is 0.492 e. The second-order valence-electron chi connectivity index (χ2n) is 4.86. The second-order valence-corrected chi connectivity index (χ2v) is 5.77. The molecule has 0 saturated heterocycles. The predicted molar refractivity (Wildman–Crippen MR) is 89.4 cm³/mol. The molecule has 2 rings (SSSR count). The SMILES string of the molecule is O=C(Cc1cccc(OC(F)F)c1)NCCOc1ccc(Br)cc1. The van der Waals surface area contributed by atoms with Crippen LogP contribution in [0, 0.1) is 0 Å². The summed E-state index contributed by atoms with van der Waals surface area (Å²) in [7, 11) is 0. The Balaban J connectivity index is 1.72. The van der Waals surface area contributed by atoms with Crippen LogP contribution in [0.3, 0.4) is 0 Å². The Kier molecular flexibility index (Phi) is 6.99. The van der Waals surface area contributed by atoms with Gasteiger partial charge in [0.05, 0.1) is 13.0 Å². The molecule has 0 aliphatic heterocycles. The molecule has 0 aromatic heterocycles. The van der Waals surface area contributed by atoms with Crippen molar-refractivity contribution in [2.24, 2.45) is 0 Å². The standard InChI is InChI=1S/C17H16BrF2NO3/c18-13-4-6-14(7-5-13)23-9-8-21-16(22)11-12-2-1-3-15(10-12)24-17(19)20/h1-7,10,17H,8-9,11H2,(H,21,22). The maximum atomic E-state index is 12.2. The summed E-state index contributed by atoms with van der Waals surface area (Å²) in [5.41, 5.74) is 0.597. The van der Waals surface area contributed by atoms with Crippen LogP contribution in [-0.4, -0.2) is 25.7 Å². The number of hydrogen-bond acceptors (Lipinski definition) is 3. The number of carbonyl (C=O) groups excluding carboxylic acids is 1. The lowest BCUT2D eigenvalue weighted by molar-refractivity contribution is -0.120. The van der Waals surface area contributed by atoms with Crippen molar-refractivity contribution in [1.82, 2.24) is 5.32 Å². The first-order valence-electron chi connectivity index (χ1n) is 7.22. The van der Waals surface area contributed by atoms with Crippen LogP contribution in [0.25, 0.3) is 0 Å². The topological polar surface area (TPSA) is 47.6 Å². The number of hydrogen-bond donors (Lipinski definition) is 1. The third-order valence-electron chi connectivity index (χ3n) is 2.99. The van der Waals surface area contributed by atoms with E-state index in [1.807, 2.05) is 24.3 Å². The van der Waals surface area contributed by atoms with Gasteiger partial charge in [0, 0.05) is 4.47 Å². The van der Waals surface area contributed by atoms with E-state index in [4.69, 9.17) is 4.74 Å². The zero-order valence-corrected chi connectivity index (χ0v) is 14.3. The average Bonchev–Trinajstić information content (AvgIpc) is 2.53. The van der Waals surface area contributed by atoms with E-state index in [1.54, 1.807) is 12.1 Å². The van der Waals surface area contributed by atoms with Gasteiger partial charge in [-0.15, -0.1) is 0 Å². The number of alkyl halides is 2. The zero-order valence-electron chi connectivity index (χ0n) is 12.7. The van der Waals surface area contributed by atoms with Crippen LogP contribution in [0.4, 0.5) is 8.78 Å². The van der Waals surface area contributed by atoms with Crippen molar-refractivity contribution in [3.63, 3.8) is 0 Å². The van der Waals surface area contributed by atoms with Crippen LogP contribution < -0.4 is 14.8 Å². The average molecular weight is 400 g/mol. The van der Waals surface area contributed by atoms with E-state index in [-0.39, 0.29) is 18.1 Å². The molecule has 0 spiro atoms. The number of nitrogens with one attached hydrogen (secondary N) is 1. The molecule has 0 fully saturated rings. The van der Waals surface area contributed by atoms with Gasteiger partial charge in [0.2, 0.25) is 5.91 Å². The molecule has 0 aliphatic carbocycles. The third kappa shape index (κ3) is 6.54. The van der Waals surface area contributed by atoms with Crippen molar-refractivity contribution in [2.75, 3.05) is 13.2 Å². The monoisotopic (exact) mass is 399 g/mol. The molecule has 2 aromatic carbocycles. The van der Waals surface area contributed by atoms with Crippen LogP contribution in [0.1, 0.15) is 5.56 Å². The normalized spacial score (nSPS) is 10.5. The van der Waals surface area contributed by atoms with Gasteiger partial charge < -0.3 is 14.8 Å². The molecule has 0 radical (unpaired) electrons. The van der Waals surface area contributed by atoms with Crippen molar-refractivity contribution >= 4 is 21.8 Å². The fourth-order valence-corrected chi connectivity index (χ4v) is 2.23. The van der Waals surface area contributed by atoms with Crippen molar-refractivity contribution in [3.05, 3.63) is 58.6 Å². The van der Waals surface area contributed by atoms with Gasteiger partial charge in [0.25, 0.3) is 0 Å². The molecule has 0 heterocycles. The molecule has 24 heavy (non-hydrogen) atoms. The smallest absolute Gasteiger partial charge is 0.387 e. The van der Waals surface area contributed by atoms with Gasteiger partial charge >= 0.3 is 6.61 Å². The minimum atomic E-state index is -2.88. The lowest BCUT2D eigenvalue weighted by Crippen LogP contribution is -2.29. The highest BCUT2D eigenvalue weighted by Crippen LogP contribution is 2.17. The minimum absolute atomic E-state index is 0.0360. The number of amides is 1. The number of benzene rings is 2. The lowest BCUT2D eigenvalue weighted by Gasteiger charge is -2.09. The van der Waals surface area contributed by atoms with Gasteiger partial charge in [-0.05, 0) is 42.0 Å². The van der Waals surface area contributed by atoms with Crippen LogP contribution in [0.5, 0.6) is 11.5 Å². The van der Waals surface area contributed by atoms with Gasteiger partial charge in [0.15, 0.2) is 0 Å². The highest BCUT2D eigenvalue weighted by Gasteiger charge is 2.07. The molecule has 1 N–H and O–H groups in total. The van der Waals surface area contributed by atoms with Gasteiger partial charge in [0.1, 0.15) is 18.1 Å². The van der Waals surface area contributed by atoms with E-state index in [0.29, 0.717) is 24.5 Å². The molecule has 1 amide bonds. The van der Waals surface area contributed by atoms with Crippen LogP contribution in [0.2, 0.25) is 0 Å². The van der Waals surface area contributed by atoms with Crippen LogP contribution in [-0.2, 0) is 11.2 Å². The number of ether oxygens (including phenoxy) is 2. The molecule has 2 aromatic rings. The van der Waals surface area contributed by atoms with E-state index in [1.165, 1.54) is 12.1 Å². The fraction of sp³-hybridized carbons (Fsp3) is 0.235. The maximum absolute atomic E-state index is 12.2. The number of carbonyl (C=O) groups is 1. The van der Waals surface area contributed by atoms with Crippen LogP contribution >= 0.6 is 15.9 Å². The first-order chi connectivity index (χ1) is 11.5. The number of halogens is 3. The third-order valence-corrected chi connectivity index (χ3v) is 3.52. The summed E-state index contributed by atoms with van der Waals surface area (Å²) in [4.78, 5) is 11.8. The van der Waals surface area contributed by atoms with Crippen molar-refractivity contribution in [1.29, 1.82) is 0 Å². The maximum Gasteiger partial charge on any atom is 0.387 e. The first-order valence-corrected chi connectivity index (χ1v) is 8.01. The van der Waals surface area contributed by atoms with E-state index in [2.05, 4.69) is 26.0 Å².